The van der Waals surface area contributed by atoms with Crippen LogP contribution in [0.5, 0.6) is 11.5 Å². The van der Waals surface area contributed by atoms with Gasteiger partial charge in [-0.25, -0.2) is 4.79 Å². The lowest BCUT2D eigenvalue weighted by Gasteiger charge is -2.07. The van der Waals surface area contributed by atoms with Crippen molar-refractivity contribution in [3.05, 3.63) is 66.4 Å². The molecule has 1 heterocycles. The summed E-state index contributed by atoms with van der Waals surface area (Å²) in [4.78, 5) is 15.4. The minimum Gasteiger partial charge on any atom is -0.478 e. The summed E-state index contributed by atoms with van der Waals surface area (Å²) in [6, 6.07) is 16.0. The zero-order chi connectivity index (χ0) is 13.9. The van der Waals surface area contributed by atoms with Crippen LogP contribution in [0, 0.1) is 0 Å². The normalized spacial score (nSPS) is 10.4. The van der Waals surface area contributed by atoms with E-state index in [1.165, 1.54) is 12.3 Å². The second-order valence-electron chi connectivity index (χ2n) is 4.26. The van der Waals surface area contributed by atoms with Crippen LogP contribution in [0.4, 0.5) is 0 Å². The lowest BCUT2D eigenvalue weighted by Crippen LogP contribution is -1.98. The van der Waals surface area contributed by atoms with Crippen molar-refractivity contribution in [2.24, 2.45) is 0 Å². The zero-order valence-corrected chi connectivity index (χ0v) is 10.5. The molecule has 0 aliphatic carbocycles. The van der Waals surface area contributed by atoms with Gasteiger partial charge in [0.05, 0.1) is 11.1 Å². The van der Waals surface area contributed by atoms with E-state index in [0.717, 1.165) is 0 Å². The summed E-state index contributed by atoms with van der Waals surface area (Å²) in [5, 5.41) is 9.76. The second-order valence-corrected chi connectivity index (χ2v) is 4.26. The molecule has 0 saturated carbocycles. The zero-order valence-electron chi connectivity index (χ0n) is 10.5. The molecule has 0 saturated heterocycles. The fourth-order valence-electron chi connectivity index (χ4n) is 2.00. The van der Waals surface area contributed by atoms with E-state index < -0.39 is 5.97 Å². The van der Waals surface area contributed by atoms with E-state index in [9.17, 15) is 9.90 Å². The molecule has 0 bridgehead atoms. The Labute approximate surface area is 115 Å². The first-order valence-electron chi connectivity index (χ1n) is 6.09. The number of hydrogen-bond acceptors (Lipinski definition) is 3. The van der Waals surface area contributed by atoms with Crippen LogP contribution in [0.1, 0.15) is 10.4 Å². The van der Waals surface area contributed by atoms with Gasteiger partial charge in [0.1, 0.15) is 11.5 Å². The Morgan fingerprint density at radius 3 is 2.55 bits per heavy atom. The highest BCUT2D eigenvalue weighted by Crippen LogP contribution is 2.26. The highest BCUT2D eigenvalue weighted by atomic mass is 16.5. The first-order chi connectivity index (χ1) is 9.74. The number of pyridine rings is 1. The fraction of sp³-hybridized carbons (Fsp3) is 0. The first-order valence-corrected chi connectivity index (χ1v) is 6.09. The van der Waals surface area contributed by atoms with E-state index in [1.807, 2.05) is 30.3 Å². The van der Waals surface area contributed by atoms with Crippen molar-refractivity contribution in [1.29, 1.82) is 0 Å². The van der Waals surface area contributed by atoms with E-state index in [1.54, 1.807) is 18.2 Å². The maximum absolute atomic E-state index is 11.2. The van der Waals surface area contributed by atoms with E-state index in [2.05, 4.69) is 4.98 Å². The molecule has 0 spiro atoms. The van der Waals surface area contributed by atoms with Crippen LogP contribution in [0.3, 0.4) is 0 Å². The van der Waals surface area contributed by atoms with E-state index in [0.29, 0.717) is 22.4 Å². The Hall–Kier alpha value is -2.88. The Morgan fingerprint density at radius 1 is 1.00 bits per heavy atom. The van der Waals surface area contributed by atoms with Crippen molar-refractivity contribution >= 4 is 16.9 Å². The number of nitrogens with zero attached hydrogens (tertiary/aromatic N) is 1. The van der Waals surface area contributed by atoms with Crippen LogP contribution < -0.4 is 4.74 Å². The van der Waals surface area contributed by atoms with Crippen LogP contribution in [-0.4, -0.2) is 16.1 Å². The maximum Gasteiger partial charge on any atom is 0.336 e. The third kappa shape index (κ3) is 2.31. The highest BCUT2D eigenvalue weighted by molar-refractivity contribution is 6.02. The highest BCUT2D eigenvalue weighted by Gasteiger charge is 2.10. The molecular formula is C16H11NO3. The smallest absolute Gasteiger partial charge is 0.336 e. The van der Waals surface area contributed by atoms with Crippen LogP contribution in [0.25, 0.3) is 10.9 Å². The molecule has 2 aromatic carbocycles. The summed E-state index contributed by atoms with van der Waals surface area (Å²) < 4.78 is 5.70. The fourth-order valence-corrected chi connectivity index (χ4v) is 2.00. The molecule has 0 fully saturated rings. The van der Waals surface area contributed by atoms with Gasteiger partial charge in [-0.1, -0.05) is 18.2 Å². The lowest BCUT2D eigenvalue weighted by molar-refractivity contribution is 0.0699. The van der Waals surface area contributed by atoms with Crippen LogP contribution in [0.2, 0.25) is 0 Å². The van der Waals surface area contributed by atoms with Gasteiger partial charge in [-0.3, -0.25) is 4.98 Å². The predicted octanol–water partition coefficient (Wildman–Crippen LogP) is 3.73. The summed E-state index contributed by atoms with van der Waals surface area (Å²) in [6.45, 7) is 0. The minimum absolute atomic E-state index is 0.216. The van der Waals surface area contributed by atoms with Crippen LogP contribution >= 0.6 is 0 Å². The molecule has 3 rings (SSSR count). The number of hydrogen-bond donors (Lipinski definition) is 1. The summed E-state index contributed by atoms with van der Waals surface area (Å²) in [6.07, 6.45) is 1.49. The van der Waals surface area contributed by atoms with Crippen LogP contribution in [0.15, 0.2) is 60.8 Å². The average Bonchev–Trinajstić information content (AvgIpc) is 2.47. The number of rotatable bonds is 3. The number of para-hydroxylation sites is 1. The van der Waals surface area contributed by atoms with E-state index in [4.69, 9.17) is 4.74 Å². The molecule has 0 radical (unpaired) electrons. The number of carboxylic acid groups (broad SMARTS) is 1. The molecule has 1 N–H and O–H groups in total. The second kappa shape index (κ2) is 5.01. The molecule has 0 atom stereocenters. The maximum atomic E-state index is 11.2. The minimum atomic E-state index is -0.978. The van der Waals surface area contributed by atoms with Gasteiger partial charge in [-0.2, -0.15) is 0 Å². The Kier molecular flexibility index (Phi) is 3.05. The molecule has 0 amide bonds. The van der Waals surface area contributed by atoms with Crippen molar-refractivity contribution in [1.82, 2.24) is 4.98 Å². The predicted molar refractivity (Wildman–Crippen MR) is 75.2 cm³/mol. The number of fused-ring (bicyclic) bond motifs is 1. The SMILES string of the molecule is O=C(O)c1ccnc2ccc(Oc3ccccc3)cc12. The van der Waals surface area contributed by atoms with Gasteiger partial charge >= 0.3 is 5.97 Å². The third-order valence-corrected chi connectivity index (χ3v) is 2.92. The van der Waals surface area contributed by atoms with Gasteiger partial charge in [-0.05, 0) is 36.4 Å². The lowest BCUT2D eigenvalue weighted by atomic mass is 10.1. The number of carboxylic acids is 1. The van der Waals surface area contributed by atoms with Gasteiger partial charge in [-0.15, -0.1) is 0 Å². The number of carbonyl (C=O) groups is 1. The van der Waals surface area contributed by atoms with Gasteiger partial charge < -0.3 is 9.84 Å². The van der Waals surface area contributed by atoms with Crippen molar-refractivity contribution in [2.75, 3.05) is 0 Å². The quantitative estimate of drug-likeness (QED) is 0.784. The molecule has 0 aliphatic heterocycles. The summed E-state index contributed by atoms with van der Waals surface area (Å²) in [7, 11) is 0. The van der Waals surface area contributed by atoms with Crippen molar-refractivity contribution in [3.63, 3.8) is 0 Å². The molecular weight excluding hydrogens is 254 g/mol. The summed E-state index contributed by atoms with van der Waals surface area (Å²) in [5.74, 6) is 0.307. The Bertz CT molecular complexity index is 769. The first kappa shape index (κ1) is 12.2. The molecule has 1 aromatic heterocycles. The van der Waals surface area contributed by atoms with E-state index >= 15 is 0 Å². The molecule has 0 unspecified atom stereocenters. The number of aromatic carboxylic acids is 1. The molecule has 4 heteroatoms. The molecule has 4 nitrogen and oxygen atoms in total. The average molecular weight is 265 g/mol. The van der Waals surface area contributed by atoms with Crippen molar-refractivity contribution < 1.29 is 14.6 Å². The van der Waals surface area contributed by atoms with Crippen LogP contribution in [-0.2, 0) is 0 Å². The van der Waals surface area contributed by atoms with E-state index in [-0.39, 0.29) is 5.56 Å². The molecule has 3 aromatic rings. The number of ether oxygens (including phenoxy) is 1. The Morgan fingerprint density at radius 2 is 1.80 bits per heavy atom. The number of aromatic nitrogens is 1. The van der Waals surface area contributed by atoms with Gasteiger partial charge in [0.25, 0.3) is 0 Å². The Balaban J connectivity index is 2.06. The standard InChI is InChI=1S/C16H11NO3/c18-16(19)13-8-9-17-15-7-6-12(10-14(13)15)20-11-4-2-1-3-5-11/h1-10H,(H,18,19). The van der Waals surface area contributed by atoms with Crippen molar-refractivity contribution in [3.8, 4) is 11.5 Å². The number of benzene rings is 2. The summed E-state index contributed by atoms with van der Waals surface area (Å²) >= 11 is 0. The largest absolute Gasteiger partial charge is 0.478 e. The van der Waals surface area contributed by atoms with Gasteiger partial charge in [0.15, 0.2) is 0 Å². The molecule has 20 heavy (non-hydrogen) atoms. The monoisotopic (exact) mass is 265 g/mol. The van der Waals surface area contributed by atoms with Gasteiger partial charge in [0.2, 0.25) is 0 Å². The van der Waals surface area contributed by atoms with Crippen molar-refractivity contribution in [2.45, 2.75) is 0 Å². The molecule has 0 aliphatic rings. The summed E-state index contributed by atoms with van der Waals surface area (Å²) in [5.41, 5.74) is 0.846. The van der Waals surface area contributed by atoms with Gasteiger partial charge in [0, 0.05) is 11.6 Å². The molecule has 98 valence electrons. The third-order valence-electron chi connectivity index (χ3n) is 2.92. The topological polar surface area (TPSA) is 59.4 Å².